The van der Waals surface area contributed by atoms with Gasteiger partial charge in [-0.3, -0.25) is 14.4 Å². The van der Waals surface area contributed by atoms with Gasteiger partial charge >= 0.3 is 5.97 Å². The van der Waals surface area contributed by atoms with Crippen LogP contribution in [0.2, 0.25) is 5.02 Å². The summed E-state index contributed by atoms with van der Waals surface area (Å²) in [5.74, 6) is -3.90. The van der Waals surface area contributed by atoms with Gasteiger partial charge in [-0.05, 0) is 30.0 Å². The summed E-state index contributed by atoms with van der Waals surface area (Å²) in [6.07, 6.45) is 0. The van der Waals surface area contributed by atoms with Crippen LogP contribution in [0, 0.1) is 17.2 Å². The van der Waals surface area contributed by atoms with Crippen molar-refractivity contribution in [1.29, 1.82) is 0 Å². The van der Waals surface area contributed by atoms with E-state index in [0.29, 0.717) is 5.56 Å². The summed E-state index contributed by atoms with van der Waals surface area (Å²) in [6.45, 7) is 7.22. The smallest absolute Gasteiger partial charge is 0.326 e. The van der Waals surface area contributed by atoms with Gasteiger partial charge in [0.05, 0.1) is 17.7 Å². The maximum atomic E-state index is 13.3. The molecule has 1 aromatic carbocycles. The van der Waals surface area contributed by atoms with Gasteiger partial charge in [0.25, 0.3) is 0 Å². The first kappa shape index (κ1) is 19.4. The lowest BCUT2D eigenvalue weighted by atomic mass is 9.83. The molecule has 0 bridgehead atoms. The van der Waals surface area contributed by atoms with E-state index < -0.39 is 40.9 Å². The average Bonchev–Trinajstić information content (AvgIpc) is 2.74. The van der Waals surface area contributed by atoms with Gasteiger partial charge in [0, 0.05) is 6.54 Å². The number of ketones is 1. The SMILES string of the molecule is CCOC(=O)C1C(=O)C(C(C)(C)C)N(Cc2ccc(F)c(Cl)c2)C1=O. The van der Waals surface area contributed by atoms with Crippen molar-refractivity contribution in [1.82, 2.24) is 4.90 Å². The van der Waals surface area contributed by atoms with Crippen molar-refractivity contribution >= 4 is 29.3 Å². The summed E-state index contributed by atoms with van der Waals surface area (Å²) >= 11 is 5.79. The molecule has 0 aromatic heterocycles. The average molecular weight is 370 g/mol. The van der Waals surface area contributed by atoms with Crippen molar-refractivity contribution in [3.8, 4) is 0 Å². The normalized spacial score (nSPS) is 21.0. The predicted octanol–water partition coefficient (Wildman–Crippen LogP) is 2.98. The first-order chi connectivity index (χ1) is 11.6. The molecule has 1 aliphatic heterocycles. The molecule has 2 rings (SSSR count). The van der Waals surface area contributed by atoms with Gasteiger partial charge in [-0.25, -0.2) is 4.39 Å². The quantitative estimate of drug-likeness (QED) is 0.604. The second-order valence-corrected chi connectivity index (χ2v) is 7.48. The van der Waals surface area contributed by atoms with E-state index >= 15 is 0 Å². The van der Waals surface area contributed by atoms with E-state index in [2.05, 4.69) is 0 Å². The fourth-order valence-corrected chi connectivity index (χ4v) is 3.27. The standard InChI is InChI=1S/C18H21ClFNO4/c1-5-25-17(24)13-14(22)15(18(2,3)4)21(16(13)23)9-10-6-7-12(20)11(19)8-10/h6-8,13,15H,5,9H2,1-4H3. The Hall–Kier alpha value is -1.95. The van der Waals surface area contributed by atoms with Gasteiger partial charge in [0.15, 0.2) is 11.7 Å². The number of esters is 1. The van der Waals surface area contributed by atoms with Gasteiger partial charge in [-0.1, -0.05) is 38.4 Å². The topological polar surface area (TPSA) is 63.7 Å². The summed E-state index contributed by atoms with van der Waals surface area (Å²) in [4.78, 5) is 38.9. The molecule has 1 heterocycles. The molecule has 0 N–H and O–H groups in total. The number of nitrogens with zero attached hydrogens (tertiary/aromatic N) is 1. The molecular formula is C18H21ClFNO4. The van der Waals surface area contributed by atoms with E-state index in [1.54, 1.807) is 6.92 Å². The maximum Gasteiger partial charge on any atom is 0.326 e. The third-order valence-corrected chi connectivity index (χ3v) is 4.36. The summed E-state index contributed by atoms with van der Waals surface area (Å²) in [5, 5.41) is -0.0651. The van der Waals surface area contributed by atoms with E-state index in [-0.39, 0.29) is 18.2 Å². The summed E-state index contributed by atoms with van der Waals surface area (Å²) in [6, 6.07) is 3.33. The van der Waals surface area contributed by atoms with Crippen LogP contribution in [0.5, 0.6) is 0 Å². The number of benzene rings is 1. The van der Waals surface area contributed by atoms with Crippen molar-refractivity contribution in [2.45, 2.75) is 40.3 Å². The fourth-order valence-electron chi connectivity index (χ4n) is 3.07. The fraction of sp³-hybridized carbons (Fsp3) is 0.500. The maximum absolute atomic E-state index is 13.3. The molecule has 1 amide bonds. The van der Waals surface area contributed by atoms with E-state index in [1.807, 2.05) is 20.8 Å². The van der Waals surface area contributed by atoms with E-state index in [9.17, 15) is 18.8 Å². The predicted molar refractivity (Wildman–Crippen MR) is 90.3 cm³/mol. The first-order valence-electron chi connectivity index (χ1n) is 8.02. The molecule has 5 nitrogen and oxygen atoms in total. The number of ether oxygens (including phenoxy) is 1. The lowest BCUT2D eigenvalue weighted by Crippen LogP contribution is -2.44. The zero-order valence-electron chi connectivity index (χ0n) is 14.6. The zero-order chi connectivity index (χ0) is 18.9. The van der Waals surface area contributed by atoms with Gasteiger partial charge in [-0.2, -0.15) is 0 Å². The molecule has 1 fully saturated rings. The van der Waals surface area contributed by atoms with Crippen molar-refractivity contribution in [2.24, 2.45) is 11.3 Å². The number of hydrogen-bond donors (Lipinski definition) is 0. The first-order valence-corrected chi connectivity index (χ1v) is 8.40. The second-order valence-electron chi connectivity index (χ2n) is 7.07. The molecular weight excluding hydrogens is 349 g/mol. The Morgan fingerprint density at radius 2 is 1.96 bits per heavy atom. The Kier molecular flexibility index (Phi) is 5.52. The lowest BCUT2D eigenvalue weighted by molar-refractivity contribution is -0.154. The number of halogens is 2. The van der Waals surface area contributed by atoms with Crippen LogP contribution in [0.25, 0.3) is 0 Å². The molecule has 7 heteroatoms. The Labute approximate surface area is 151 Å². The van der Waals surface area contributed by atoms with Crippen LogP contribution in [-0.4, -0.2) is 35.2 Å². The highest BCUT2D eigenvalue weighted by Gasteiger charge is 2.55. The monoisotopic (exact) mass is 369 g/mol. The minimum absolute atomic E-state index is 0.0580. The molecule has 2 unspecified atom stereocenters. The van der Waals surface area contributed by atoms with Crippen molar-refractivity contribution in [3.05, 3.63) is 34.6 Å². The van der Waals surface area contributed by atoms with Gasteiger partial charge in [0.1, 0.15) is 5.82 Å². The minimum atomic E-state index is -1.44. The van der Waals surface area contributed by atoms with E-state index in [4.69, 9.17) is 16.3 Å². The number of carbonyl (C=O) groups excluding carboxylic acids is 3. The Morgan fingerprint density at radius 3 is 2.48 bits per heavy atom. The number of amides is 1. The van der Waals surface area contributed by atoms with Crippen molar-refractivity contribution < 1.29 is 23.5 Å². The Morgan fingerprint density at radius 1 is 1.32 bits per heavy atom. The van der Waals surface area contributed by atoms with Crippen LogP contribution in [-0.2, 0) is 25.7 Å². The highest BCUT2D eigenvalue weighted by atomic mass is 35.5. The van der Waals surface area contributed by atoms with E-state index in [1.165, 1.54) is 23.1 Å². The van der Waals surface area contributed by atoms with Crippen LogP contribution in [0.3, 0.4) is 0 Å². The summed E-state index contributed by atoms with van der Waals surface area (Å²) in [7, 11) is 0. The molecule has 1 aromatic rings. The molecule has 2 atom stereocenters. The van der Waals surface area contributed by atoms with Gasteiger partial charge < -0.3 is 9.64 Å². The third-order valence-electron chi connectivity index (χ3n) is 4.08. The van der Waals surface area contributed by atoms with Crippen molar-refractivity contribution in [2.75, 3.05) is 6.61 Å². The molecule has 1 aliphatic rings. The molecule has 136 valence electrons. The minimum Gasteiger partial charge on any atom is -0.465 e. The van der Waals surface area contributed by atoms with Crippen LogP contribution < -0.4 is 0 Å². The number of hydrogen-bond acceptors (Lipinski definition) is 4. The Bertz CT molecular complexity index is 714. The van der Waals surface area contributed by atoms with Crippen LogP contribution in [0.4, 0.5) is 4.39 Å². The molecule has 0 radical (unpaired) electrons. The van der Waals surface area contributed by atoms with E-state index in [0.717, 1.165) is 0 Å². The van der Waals surface area contributed by atoms with Crippen LogP contribution >= 0.6 is 11.6 Å². The number of Topliss-reactive ketones (excluding diaryl/α,β-unsaturated/α-hetero) is 1. The van der Waals surface area contributed by atoms with Crippen LogP contribution in [0.1, 0.15) is 33.3 Å². The van der Waals surface area contributed by atoms with Crippen molar-refractivity contribution in [3.63, 3.8) is 0 Å². The lowest BCUT2D eigenvalue weighted by Gasteiger charge is -2.33. The third kappa shape index (κ3) is 3.84. The highest BCUT2D eigenvalue weighted by molar-refractivity contribution is 6.30. The van der Waals surface area contributed by atoms with Gasteiger partial charge in [0.2, 0.25) is 5.91 Å². The number of rotatable bonds is 4. The number of likely N-dealkylation sites (tertiary alicyclic amines) is 1. The highest BCUT2D eigenvalue weighted by Crippen LogP contribution is 2.35. The van der Waals surface area contributed by atoms with Gasteiger partial charge in [-0.15, -0.1) is 0 Å². The molecule has 0 saturated carbocycles. The summed E-state index contributed by atoms with van der Waals surface area (Å²) < 4.78 is 18.2. The molecule has 25 heavy (non-hydrogen) atoms. The Balaban J connectivity index is 2.38. The zero-order valence-corrected chi connectivity index (χ0v) is 15.4. The molecule has 0 spiro atoms. The van der Waals surface area contributed by atoms with Crippen LogP contribution in [0.15, 0.2) is 18.2 Å². The summed E-state index contributed by atoms with van der Waals surface area (Å²) in [5.41, 5.74) is 0.00367. The second kappa shape index (κ2) is 7.12. The number of carbonyl (C=O) groups is 3. The largest absolute Gasteiger partial charge is 0.465 e. The molecule has 1 saturated heterocycles. The molecule has 0 aliphatic carbocycles.